The third-order valence-electron chi connectivity index (χ3n) is 2.21. The largest absolute Gasteiger partial charge is 0.376 e. The van der Waals surface area contributed by atoms with Gasteiger partial charge in [0.25, 0.3) is 6.43 Å². The maximum atomic E-state index is 12.2. The molecule has 2 aromatic rings. The van der Waals surface area contributed by atoms with Crippen LogP contribution in [0.2, 0.25) is 0 Å². The molecule has 0 amide bonds. The van der Waals surface area contributed by atoms with Crippen molar-refractivity contribution in [2.75, 3.05) is 11.9 Å². The van der Waals surface area contributed by atoms with Crippen molar-refractivity contribution in [3.05, 3.63) is 30.0 Å². The van der Waals surface area contributed by atoms with Gasteiger partial charge in [-0.3, -0.25) is 0 Å². The van der Waals surface area contributed by atoms with Crippen LogP contribution < -0.4 is 5.32 Å². The average Bonchev–Trinajstić information content (AvgIpc) is 2.35. The second-order valence-electron chi connectivity index (χ2n) is 3.32. The summed E-state index contributed by atoms with van der Waals surface area (Å²) in [7, 11) is 0. The summed E-state index contributed by atoms with van der Waals surface area (Å²) < 4.78 is 24.3. The van der Waals surface area contributed by atoms with Gasteiger partial charge in [-0.1, -0.05) is 18.2 Å². The molecule has 1 aromatic carbocycles. The van der Waals surface area contributed by atoms with E-state index in [-0.39, 0.29) is 5.69 Å². The van der Waals surface area contributed by atoms with Crippen LogP contribution in [0.4, 0.5) is 14.5 Å². The van der Waals surface area contributed by atoms with Crippen LogP contribution in [0.5, 0.6) is 0 Å². The van der Waals surface area contributed by atoms with Crippen molar-refractivity contribution in [1.82, 2.24) is 10.2 Å². The van der Waals surface area contributed by atoms with Gasteiger partial charge in [-0.2, -0.15) is 5.26 Å². The van der Waals surface area contributed by atoms with E-state index in [0.29, 0.717) is 16.6 Å². The van der Waals surface area contributed by atoms with Crippen LogP contribution in [0.15, 0.2) is 24.3 Å². The Bertz CT molecular complexity index is 577. The lowest BCUT2D eigenvalue weighted by atomic mass is 10.1. The lowest BCUT2D eigenvalue weighted by Gasteiger charge is -2.09. The minimum Gasteiger partial charge on any atom is -0.376 e. The van der Waals surface area contributed by atoms with Crippen molar-refractivity contribution in [3.8, 4) is 6.07 Å². The SMILES string of the molecule is N#Cc1nnc2ccccc2c1NCC(F)F. The Morgan fingerprint density at radius 3 is 2.76 bits per heavy atom. The predicted molar refractivity (Wildman–Crippen MR) is 58.7 cm³/mol. The van der Waals surface area contributed by atoms with Crippen LogP contribution in [-0.4, -0.2) is 23.2 Å². The monoisotopic (exact) mass is 234 g/mol. The highest BCUT2D eigenvalue weighted by molar-refractivity contribution is 5.92. The van der Waals surface area contributed by atoms with Crippen LogP contribution in [0, 0.1) is 11.3 Å². The van der Waals surface area contributed by atoms with Gasteiger partial charge >= 0.3 is 0 Å². The summed E-state index contributed by atoms with van der Waals surface area (Å²) in [6, 6.07) is 8.76. The predicted octanol–water partition coefficient (Wildman–Crippen LogP) is 2.18. The molecular weight excluding hydrogens is 226 g/mol. The Hall–Kier alpha value is -2.29. The fraction of sp³-hybridized carbons (Fsp3) is 0.182. The first-order valence-electron chi connectivity index (χ1n) is 4.90. The second kappa shape index (κ2) is 4.70. The van der Waals surface area contributed by atoms with Gasteiger partial charge < -0.3 is 5.32 Å². The first kappa shape index (κ1) is 11.2. The normalized spacial score (nSPS) is 10.5. The molecule has 0 unspecified atom stereocenters. The molecule has 0 bridgehead atoms. The Morgan fingerprint density at radius 2 is 2.06 bits per heavy atom. The van der Waals surface area contributed by atoms with Gasteiger partial charge in [0.1, 0.15) is 6.07 Å². The lowest BCUT2D eigenvalue weighted by molar-refractivity contribution is 0.163. The molecule has 0 aliphatic rings. The molecule has 0 aliphatic carbocycles. The summed E-state index contributed by atoms with van der Waals surface area (Å²) in [5.41, 5.74) is 0.881. The van der Waals surface area contributed by atoms with Crippen LogP contribution in [0.25, 0.3) is 10.9 Å². The van der Waals surface area contributed by atoms with Crippen LogP contribution in [-0.2, 0) is 0 Å². The third kappa shape index (κ3) is 2.28. The minimum absolute atomic E-state index is 0.0179. The second-order valence-corrected chi connectivity index (χ2v) is 3.32. The molecule has 0 fully saturated rings. The zero-order chi connectivity index (χ0) is 12.3. The van der Waals surface area contributed by atoms with Crippen molar-refractivity contribution < 1.29 is 8.78 Å². The van der Waals surface area contributed by atoms with Gasteiger partial charge in [-0.15, -0.1) is 10.2 Å². The molecule has 4 nitrogen and oxygen atoms in total. The number of aromatic nitrogens is 2. The molecule has 0 radical (unpaired) electrons. The quantitative estimate of drug-likeness (QED) is 0.884. The molecular formula is C11H8F2N4. The zero-order valence-corrected chi connectivity index (χ0v) is 8.69. The summed E-state index contributed by atoms with van der Waals surface area (Å²) in [6.07, 6.45) is -2.49. The minimum atomic E-state index is -2.49. The van der Waals surface area contributed by atoms with Crippen molar-refractivity contribution in [2.24, 2.45) is 0 Å². The van der Waals surface area contributed by atoms with Gasteiger partial charge in [-0.05, 0) is 6.07 Å². The standard InChI is InChI=1S/C11H8F2N4/c12-10(13)6-15-11-7-3-1-2-4-8(7)16-17-9(11)5-14/h1-4,10H,6H2,(H,15,16). The number of hydrogen-bond acceptors (Lipinski definition) is 4. The number of nitrogens with zero attached hydrogens (tertiary/aromatic N) is 3. The van der Waals surface area contributed by atoms with E-state index in [4.69, 9.17) is 5.26 Å². The number of rotatable bonds is 3. The molecule has 1 N–H and O–H groups in total. The fourth-order valence-corrected chi connectivity index (χ4v) is 1.49. The summed E-state index contributed by atoms with van der Waals surface area (Å²) in [6.45, 7) is -0.523. The van der Waals surface area contributed by atoms with Crippen LogP contribution in [0.1, 0.15) is 5.69 Å². The highest BCUT2D eigenvalue weighted by Gasteiger charge is 2.11. The number of nitriles is 1. The summed E-state index contributed by atoms with van der Waals surface area (Å²) >= 11 is 0. The van der Waals surface area contributed by atoms with Crippen molar-refractivity contribution >= 4 is 16.6 Å². The number of fused-ring (bicyclic) bond motifs is 1. The maximum Gasteiger partial charge on any atom is 0.255 e. The Balaban J connectivity index is 2.52. The third-order valence-corrected chi connectivity index (χ3v) is 2.21. The van der Waals surface area contributed by atoms with E-state index >= 15 is 0 Å². The smallest absolute Gasteiger partial charge is 0.255 e. The summed E-state index contributed by atoms with van der Waals surface area (Å²) in [4.78, 5) is 0. The van der Waals surface area contributed by atoms with Crippen molar-refractivity contribution in [1.29, 1.82) is 5.26 Å². The van der Waals surface area contributed by atoms with Crippen LogP contribution in [0.3, 0.4) is 0 Å². The molecule has 0 spiro atoms. The fourth-order valence-electron chi connectivity index (χ4n) is 1.49. The number of halogens is 2. The highest BCUT2D eigenvalue weighted by Crippen LogP contribution is 2.23. The van der Waals surface area contributed by atoms with E-state index in [1.807, 2.05) is 6.07 Å². The molecule has 0 saturated heterocycles. The first-order chi connectivity index (χ1) is 8.22. The van der Waals surface area contributed by atoms with E-state index in [1.54, 1.807) is 24.3 Å². The summed E-state index contributed by atoms with van der Waals surface area (Å²) in [5, 5.41) is 19.5. The van der Waals surface area contributed by atoms with E-state index in [0.717, 1.165) is 0 Å². The number of anilines is 1. The van der Waals surface area contributed by atoms with E-state index in [2.05, 4.69) is 15.5 Å². The lowest BCUT2D eigenvalue weighted by Crippen LogP contribution is -2.12. The average molecular weight is 234 g/mol. The van der Waals surface area contributed by atoms with Gasteiger partial charge in [0.05, 0.1) is 17.7 Å². The van der Waals surface area contributed by atoms with E-state index < -0.39 is 13.0 Å². The molecule has 0 atom stereocenters. The maximum absolute atomic E-state index is 12.2. The zero-order valence-electron chi connectivity index (χ0n) is 8.69. The Morgan fingerprint density at radius 1 is 1.29 bits per heavy atom. The van der Waals surface area contributed by atoms with E-state index in [1.165, 1.54) is 0 Å². The topological polar surface area (TPSA) is 61.6 Å². The Labute approximate surface area is 95.9 Å². The molecule has 1 aromatic heterocycles. The molecule has 1 heterocycles. The van der Waals surface area contributed by atoms with Gasteiger partial charge in [0.2, 0.25) is 0 Å². The summed E-state index contributed by atoms with van der Waals surface area (Å²) in [5.74, 6) is 0. The molecule has 17 heavy (non-hydrogen) atoms. The number of benzene rings is 1. The molecule has 0 aliphatic heterocycles. The van der Waals surface area contributed by atoms with Crippen LogP contribution >= 0.6 is 0 Å². The number of hydrogen-bond donors (Lipinski definition) is 1. The molecule has 86 valence electrons. The molecule has 6 heteroatoms. The Kier molecular flexibility index (Phi) is 3.10. The van der Waals surface area contributed by atoms with Gasteiger partial charge in [-0.25, -0.2) is 8.78 Å². The molecule has 2 rings (SSSR count). The number of nitrogens with one attached hydrogen (secondary N) is 1. The van der Waals surface area contributed by atoms with Gasteiger partial charge in [0.15, 0.2) is 5.69 Å². The highest BCUT2D eigenvalue weighted by atomic mass is 19.3. The van der Waals surface area contributed by atoms with Gasteiger partial charge in [0, 0.05) is 5.39 Å². The van der Waals surface area contributed by atoms with Crippen molar-refractivity contribution in [2.45, 2.75) is 6.43 Å². The molecule has 0 saturated carbocycles. The van der Waals surface area contributed by atoms with E-state index in [9.17, 15) is 8.78 Å². The number of alkyl halides is 2. The first-order valence-corrected chi connectivity index (χ1v) is 4.90. The van der Waals surface area contributed by atoms with Crippen molar-refractivity contribution in [3.63, 3.8) is 0 Å².